The molecule has 0 radical (unpaired) electrons. The lowest BCUT2D eigenvalue weighted by Gasteiger charge is -2.09. The monoisotopic (exact) mass is 568 g/mol. The number of nitrogens with zero attached hydrogens (tertiary/aromatic N) is 5. The molecule has 0 aliphatic rings. The fraction of sp³-hybridized carbons (Fsp3) is 0.0500. The van der Waals surface area contributed by atoms with Gasteiger partial charge in [0.25, 0.3) is 20.2 Å². The lowest BCUT2D eigenvalue weighted by atomic mass is 10.1. The maximum absolute atomic E-state index is 12.0. The van der Waals surface area contributed by atoms with Gasteiger partial charge in [-0.15, -0.1) is 0 Å². The van der Waals surface area contributed by atoms with Crippen LogP contribution < -0.4 is 5.32 Å². The van der Waals surface area contributed by atoms with Gasteiger partial charge in [0.1, 0.15) is 9.79 Å². The van der Waals surface area contributed by atoms with Crippen LogP contribution in [0.2, 0.25) is 10.6 Å². The first kappa shape index (κ1) is 25.8. The molecule has 0 atom stereocenters. The van der Waals surface area contributed by atoms with E-state index in [1.165, 1.54) is 18.2 Å². The molecule has 1 heterocycles. The summed E-state index contributed by atoms with van der Waals surface area (Å²) in [5, 5.41) is 10.6. The Kier molecular flexibility index (Phi) is 6.92. The van der Waals surface area contributed by atoms with Gasteiger partial charge in [0.2, 0.25) is 16.5 Å². The zero-order chi connectivity index (χ0) is 26.3. The van der Waals surface area contributed by atoms with Crippen LogP contribution in [0.4, 0.5) is 23.0 Å². The van der Waals surface area contributed by atoms with Crippen molar-refractivity contribution >= 4 is 77.2 Å². The molecule has 0 aliphatic heterocycles. The number of anilines is 2. The van der Waals surface area contributed by atoms with E-state index in [4.69, 9.17) is 23.2 Å². The number of rotatable bonds is 6. The molecule has 0 aliphatic carbocycles. The van der Waals surface area contributed by atoms with Gasteiger partial charge in [0.05, 0.1) is 11.4 Å². The van der Waals surface area contributed by atoms with Crippen LogP contribution in [0.1, 0.15) is 5.56 Å². The first-order chi connectivity index (χ1) is 16.8. The standard InChI is InChI=1S/C20H14Cl2N6O6S2/c1-10-7-11(23-20-25-18(21)24-19(22)26-20)5-6-15(10)28-27-12-8-14-13(17(9-12)36(32,33)34)3-2-4-16(14)35(29,30)31/h2-9H,1H3,(H,29,30,31)(H,32,33,34)(H,23,24,25,26). The molecule has 0 unspecified atom stereocenters. The summed E-state index contributed by atoms with van der Waals surface area (Å²) in [6.07, 6.45) is 0. The van der Waals surface area contributed by atoms with Gasteiger partial charge in [0.15, 0.2) is 0 Å². The van der Waals surface area contributed by atoms with Gasteiger partial charge in [-0.2, -0.15) is 42.0 Å². The highest BCUT2D eigenvalue weighted by Gasteiger charge is 2.21. The van der Waals surface area contributed by atoms with Crippen LogP contribution in [0, 0.1) is 6.92 Å². The molecule has 4 aromatic rings. The highest BCUT2D eigenvalue weighted by molar-refractivity contribution is 7.86. The summed E-state index contributed by atoms with van der Waals surface area (Å²) in [5.74, 6) is 0.123. The first-order valence-corrected chi connectivity index (χ1v) is 13.3. The molecule has 4 rings (SSSR count). The predicted octanol–water partition coefficient (Wildman–Crippen LogP) is 5.29. The van der Waals surface area contributed by atoms with Crippen LogP contribution in [0.25, 0.3) is 10.8 Å². The second kappa shape index (κ2) is 9.65. The summed E-state index contributed by atoms with van der Waals surface area (Å²) < 4.78 is 66.7. The van der Waals surface area contributed by atoms with Gasteiger partial charge in [-0.3, -0.25) is 9.11 Å². The quantitative estimate of drug-likeness (QED) is 0.204. The summed E-state index contributed by atoms with van der Waals surface area (Å²) >= 11 is 11.5. The molecule has 1 aromatic heterocycles. The fourth-order valence-corrected chi connectivity index (χ4v) is 5.06. The minimum absolute atomic E-state index is 0.0812. The number of hydrogen-bond acceptors (Lipinski definition) is 10. The second-order valence-electron chi connectivity index (χ2n) is 7.27. The lowest BCUT2D eigenvalue weighted by Crippen LogP contribution is -2.03. The van der Waals surface area contributed by atoms with E-state index in [0.29, 0.717) is 16.9 Å². The minimum Gasteiger partial charge on any atom is -0.324 e. The first-order valence-electron chi connectivity index (χ1n) is 9.69. The Hall–Kier alpha value is -3.27. The third kappa shape index (κ3) is 5.75. The number of fused-ring (bicyclic) bond motifs is 1. The zero-order valence-electron chi connectivity index (χ0n) is 18.0. The van der Waals surface area contributed by atoms with Crippen LogP contribution in [0.5, 0.6) is 0 Å². The van der Waals surface area contributed by atoms with Crippen molar-refractivity contribution in [3.8, 4) is 0 Å². The third-order valence-electron chi connectivity index (χ3n) is 4.77. The number of aryl methyl sites for hydroxylation is 1. The molecular formula is C20H14Cl2N6O6S2. The minimum atomic E-state index is -4.77. The lowest BCUT2D eigenvalue weighted by molar-refractivity contribution is 0.481. The molecule has 0 bridgehead atoms. The van der Waals surface area contributed by atoms with Gasteiger partial charge < -0.3 is 5.32 Å². The maximum Gasteiger partial charge on any atom is 0.295 e. The fourth-order valence-electron chi connectivity index (χ4n) is 3.27. The molecule has 0 saturated heterocycles. The van der Waals surface area contributed by atoms with E-state index in [0.717, 1.165) is 12.1 Å². The van der Waals surface area contributed by atoms with E-state index < -0.39 is 30.0 Å². The smallest absolute Gasteiger partial charge is 0.295 e. The van der Waals surface area contributed by atoms with E-state index in [9.17, 15) is 25.9 Å². The third-order valence-corrected chi connectivity index (χ3v) is 6.91. The highest BCUT2D eigenvalue weighted by Crippen LogP contribution is 2.34. The van der Waals surface area contributed by atoms with Gasteiger partial charge in [-0.25, -0.2) is 0 Å². The van der Waals surface area contributed by atoms with Crippen molar-refractivity contribution in [1.82, 2.24) is 15.0 Å². The zero-order valence-corrected chi connectivity index (χ0v) is 21.1. The van der Waals surface area contributed by atoms with Crippen LogP contribution in [0.15, 0.2) is 68.6 Å². The Labute approximate surface area is 214 Å². The Bertz CT molecular complexity index is 1740. The van der Waals surface area contributed by atoms with Crippen molar-refractivity contribution in [3.05, 3.63) is 64.7 Å². The Morgan fingerprint density at radius 2 is 1.47 bits per heavy atom. The van der Waals surface area contributed by atoms with E-state index >= 15 is 0 Å². The molecule has 0 spiro atoms. The van der Waals surface area contributed by atoms with Crippen molar-refractivity contribution in [2.45, 2.75) is 16.7 Å². The largest absolute Gasteiger partial charge is 0.324 e. The number of azo groups is 1. The summed E-state index contributed by atoms with van der Waals surface area (Å²) in [6, 6.07) is 10.8. The molecule has 3 N–H and O–H groups in total. The number of halogens is 2. The molecular weight excluding hydrogens is 555 g/mol. The summed E-state index contributed by atoms with van der Waals surface area (Å²) in [4.78, 5) is 10.3. The number of hydrogen-bond donors (Lipinski definition) is 3. The molecule has 0 amide bonds. The molecule has 12 nitrogen and oxygen atoms in total. The van der Waals surface area contributed by atoms with Crippen molar-refractivity contribution in [3.63, 3.8) is 0 Å². The average molecular weight is 569 g/mol. The van der Waals surface area contributed by atoms with Crippen LogP contribution in [-0.2, 0) is 20.2 Å². The number of benzene rings is 3. The van der Waals surface area contributed by atoms with E-state index in [1.807, 2.05) is 0 Å². The van der Waals surface area contributed by atoms with E-state index in [-0.39, 0.29) is 33.0 Å². The average Bonchev–Trinajstić information content (AvgIpc) is 2.75. The SMILES string of the molecule is Cc1cc(Nc2nc(Cl)nc(Cl)n2)ccc1N=Nc1cc(S(=O)(=O)O)c2cccc(S(=O)(=O)O)c2c1. The summed E-state index contributed by atoms with van der Waals surface area (Å²) in [7, 11) is -9.47. The van der Waals surface area contributed by atoms with Crippen molar-refractivity contribution < 1.29 is 25.9 Å². The predicted molar refractivity (Wildman–Crippen MR) is 132 cm³/mol. The molecule has 0 saturated carbocycles. The maximum atomic E-state index is 12.0. The normalized spacial score (nSPS) is 12.4. The summed E-state index contributed by atoms with van der Waals surface area (Å²) in [6.45, 7) is 1.73. The Morgan fingerprint density at radius 1 is 0.806 bits per heavy atom. The van der Waals surface area contributed by atoms with E-state index in [1.54, 1.807) is 25.1 Å². The topological polar surface area (TPSA) is 184 Å². The molecule has 186 valence electrons. The van der Waals surface area contributed by atoms with Gasteiger partial charge >= 0.3 is 0 Å². The Morgan fingerprint density at radius 3 is 2.08 bits per heavy atom. The highest BCUT2D eigenvalue weighted by atomic mass is 35.5. The Balaban J connectivity index is 1.73. The van der Waals surface area contributed by atoms with Gasteiger partial charge in [-0.05, 0) is 72.1 Å². The molecule has 16 heteroatoms. The van der Waals surface area contributed by atoms with Crippen LogP contribution in [-0.4, -0.2) is 40.9 Å². The van der Waals surface area contributed by atoms with Crippen molar-refractivity contribution in [1.29, 1.82) is 0 Å². The number of nitrogens with one attached hydrogen (secondary N) is 1. The van der Waals surface area contributed by atoms with Gasteiger partial charge in [-0.1, -0.05) is 12.1 Å². The second-order valence-corrected chi connectivity index (χ2v) is 10.7. The molecule has 36 heavy (non-hydrogen) atoms. The van der Waals surface area contributed by atoms with Gasteiger partial charge in [0, 0.05) is 16.5 Å². The van der Waals surface area contributed by atoms with Crippen molar-refractivity contribution in [2.24, 2.45) is 10.2 Å². The number of aromatic nitrogens is 3. The van der Waals surface area contributed by atoms with Crippen molar-refractivity contribution in [2.75, 3.05) is 5.32 Å². The van der Waals surface area contributed by atoms with E-state index in [2.05, 4.69) is 30.5 Å². The summed E-state index contributed by atoms with van der Waals surface area (Å²) in [5.41, 5.74) is 1.53. The van der Waals surface area contributed by atoms with Crippen LogP contribution in [0.3, 0.4) is 0 Å². The molecule has 0 fully saturated rings. The van der Waals surface area contributed by atoms with Crippen LogP contribution >= 0.6 is 23.2 Å². The molecule has 3 aromatic carbocycles.